The lowest BCUT2D eigenvalue weighted by molar-refractivity contribution is -0.142. The molecule has 3 rings (SSSR count). The number of amides is 1. The van der Waals surface area contributed by atoms with Gasteiger partial charge in [-0.2, -0.15) is 0 Å². The summed E-state index contributed by atoms with van der Waals surface area (Å²) in [6.45, 7) is 7.69. The summed E-state index contributed by atoms with van der Waals surface area (Å²) in [4.78, 5) is 24.7. The topological polar surface area (TPSA) is 63.6 Å². The van der Waals surface area contributed by atoms with Crippen LogP contribution in [0.2, 0.25) is 0 Å². The molecule has 1 aliphatic rings. The van der Waals surface area contributed by atoms with E-state index in [1.165, 1.54) is 0 Å². The van der Waals surface area contributed by atoms with Crippen molar-refractivity contribution in [1.82, 2.24) is 10.3 Å². The molecular formula is C16H19N3O2S2. The van der Waals surface area contributed by atoms with Crippen LogP contribution in [-0.2, 0) is 9.63 Å². The van der Waals surface area contributed by atoms with Crippen molar-refractivity contribution < 1.29 is 9.63 Å². The molecule has 0 aromatic carbocycles. The molecule has 2 atom stereocenters. The Morgan fingerprint density at radius 2 is 2.26 bits per heavy atom. The van der Waals surface area contributed by atoms with Gasteiger partial charge < -0.3 is 10.2 Å². The van der Waals surface area contributed by atoms with Gasteiger partial charge in [-0.3, -0.25) is 4.79 Å². The van der Waals surface area contributed by atoms with Gasteiger partial charge in [-0.15, -0.1) is 22.7 Å². The van der Waals surface area contributed by atoms with Gasteiger partial charge >= 0.3 is 0 Å². The number of aromatic nitrogens is 1. The smallest absolute Gasteiger partial charge is 0.267 e. The number of hydrogen-bond donors (Lipinski definition) is 1. The Labute approximate surface area is 143 Å². The molecule has 0 radical (unpaired) electrons. The third-order valence-electron chi connectivity index (χ3n) is 3.83. The van der Waals surface area contributed by atoms with Crippen LogP contribution >= 0.6 is 22.7 Å². The number of nitrogens with zero attached hydrogens (tertiary/aromatic N) is 2. The third kappa shape index (κ3) is 3.16. The second-order valence-corrected chi connectivity index (χ2v) is 8.07. The van der Waals surface area contributed by atoms with Crippen LogP contribution in [-0.4, -0.2) is 22.2 Å². The maximum absolute atomic E-state index is 12.7. The van der Waals surface area contributed by atoms with Crippen LogP contribution in [0.5, 0.6) is 0 Å². The van der Waals surface area contributed by atoms with E-state index in [0.717, 1.165) is 26.2 Å². The van der Waals surface area contributed by atoms with Crippen molar-refractivity contribution in [2.24, 2.45) is 5.16 Å². The first-order valence-corrected chi connectivity index (χ1v) is 9.12. The van der Waals surface area contributed by atoms with Gasteiger partial charge in [-0.25, -0.2) is 4.98 Å². The minimum Gasteiger partial charge on any atom is -0.379 e. The summed E-state index contributed by atoms with van der Waals surface area (Å²) in [6.07, 6.45) is 0.479. The molecule has 2 aromatic heterocycles. The summed E-state index contributed by atoms with van der Waals surface area (Å²) in [5.74, 6) is -0.147. The van der Waals surface area contributed by atoms with Gasteiger partial charge in [-0.05, 0) is 39.1 Å². The molecule has 5 nitrogen and oxygen atoms in total. The van der Waals surface area contributed by atoms with Crippen LogP contribution in [0.25, 0.3) is 0 Å². The Morgan fingerprint density at radius 3 is 2.87 bits per heavy atom. The summed E-state index contributed by atoms with van der Waals surface area (Å²) in [6, 6.07) is 3.86. The number of carbonyl (C=O) groups excluding carboxylic acids is 1. The number of nitrogens with one attached hydrogen (secondary N) is 1. The molecule has 0 bridgehead atoms. The molecule has 0 saturated heterocycles. The Balaban J connectivity index is 1.68. The number of thiazole rings is 1. The molecule has 1 aliphatic heterocycles. The Kier molecular flexibility index (Phi) is 4.25. The van der Waals surface area contributed by atoms with E-state index in [1.54, 1.807) is 29.6 Å². The maximum atomic E-state index is 12.7. The van der Waals surface area contributed by atoms with Crippen LogP contribution in [0.3, 0.4) is 0 Å². The highest BCUT2D eigenvalue weighted by Crippen LogP contribution is 2.30. The normalized spacial score (nSPS) is 21.7. The van der Waals surface area contributed by atoms with Crippen molar-refractivity contribution in [2.75, 3.05) is 0 Å². The molecule has 122 valence electrons. The zero-order valence-electron chi connectivity index (χ0n) is 13.5. The standard InChI is InChI=1S/C16H19N3O2S2/c1-9-14(23-11(3)17-9)10(2)18-15(20)16(4)8-12(19-21-16)13-6-5-7-22-13/h5-7,10H,8H2,1-4H3,(H,18,20). The van der Waals surface area contributed by atoms with Gasteiger partial charge in [0.2, 0.25) is 5.60 Å². The van der Waals surface area contributed by atoms with E-state index >= 15 is 0 Å². The number of thiophene rings is 1. The molecular weight excluding hydrogens is 330 g/mol. The Morgan fingerprint density at radius 1 is 1.48 bits per heavy atom. The van der Waals surface area contributed by atoms with Gasteiger partial charge in [0.25, 0.3) is 5.91 Å². The third-order valence-corrected chi connectivity index (χ3v) is 6.00. The van der Waals surface area contributed by atoms with Crippen molar-refractivity contribution in [2.45, 2.75) is 45.8 Å². The second kappa shape index (κ2) is 6.05. The van der Waals surface area contributed by atoms with Crippen LogP contribution in [0.1, 0.15) is 46.8 Å². The monoisotopic (exact) mass is 349 g/mol. The molecule has 2 unspecified atom stereocenters. The fourth-order valence-corrected chi connectivity index (χ4v) is 4.24. The minimum absolute atomic E-state index is 0.0973. The Bertz CT molecular complexity index is 751. The predicted octanol–water partition coefficient (Wildman–Crippen LogP) is 3.58. The van der Waals surface area contributed by atoms with Gasteiger partial charge in [0.1, 0.15) is 5.71 Å². The molecule has 0 spiro atoms. The van der Waals surface area contributed by atoms with Crippen molar-refractivity contribution in [3.05, 3.63) is 38.0 Å². The zero-order chi connectivity index (χ0) is 16.6. The highest BCUT2D eigenvalue weighted by atomic mass is 32.1. The van der Waals surface area contributed by atoms with Crippen molar-refractivity contribution >= 4 is 34.3 Å². The molecule has 7 heteroatoms. The fraction of sp³-hybridized carbons (Fsp3) is 0.438. The maximum Gasteiger partial charge on any atom is 0.267 e. The summed E-state index contributed by atoms with van der Waals surface area (Å²) < 4.78 is 0. The molecule has 2 aromatic rings. The number of aryl methyl sites for hydroxylation is 2. The van der Waals surface area contributed by atoms with Gasteiger partial charge in [0.05, 0.1) is 21.6 Å². The first-order valence-electron chi connectivity index (χ1n) is 7.43. The molecule has 0 aliphatic carbocycles. The van der Waals surface area contributed by atoms with Gasteiger partial charge in [0, 0.05) is 11.3 Å². The molecule has 23 heavy (non-hydrogen) atoms. The van der Waals surface area contributed by atoms with Crippen molar-refractivity contribution in [3.8, 4) is 0 Å². The van der Waals surface area contributed by atoms with E-state index in [-0.39, 0.29) is 11.9 Å². The Hall–Kier alpha value is -1.73. The predicted molar refractivity (Wildman–Crippen MR) is 93.1 cm³/mol. The summed E-state index contributed by atoms with van der Waals surface area (Å²) >= 11 is 3.21. The first kappa shape index (κ1) is 16.1. The van der Waals surface area contributed by atoms with Gasteiger partial charge in [0.15, 0.2) is 0 Å². The average Bonchev–Trinajstić information content (AvgIpc) is 3.19. The summed E-state index contributed by atoms with van der Waals surface area (Å²) in [5.41, 5.74) is 0.838. The van der Waals surface area contributed by atoms with Crippen molar-refractivity contribution in [3.63, 3.8) is 0 Å². The molecule has 0 fully saturated rings. The van der Waals surface area contributed by atoms with Crippen LogP contribution in [0.4, 0.5) is 0 Å². The molecule has 1 amide bonds. The summed E-state index contributed by atoms with van der Waals surface area (Å²) in [7, 11) is 0. The van der Waals surface area contributed by atoms with E-state index < -0.39 is 5.60 Å². The van der Waals surface area contributed by atoms with Crippen molar-refractivity contribution in [1.29, 1.82) is 0 Å². The number of rotatable bonds is 4. The first-order chi connectivity index (χ1) is 10.9. The highest BCUT2D eigenvalue weighted by molar-refractivity contribution is 7.12. The molecule has 0 saturated carbocycles. The summed E-state index contributed by atoms with van der Waals surface area (Å²) in [5, 5.41) is 10.1. The number of carbonyl (C=O) groups is 1. The quantitative estimate of drug-likeness (QED) is 0.917. The number of hydrogen-bond acceptors (Lipinski definition) is 6. The lowest BCUT2D eigenvalue weighted by Crippen LogP contribution is -2.45. The van der Waals surface area contributed by atoms with E-state index in [4.69, 9.17) is 4.84 Å². The minimum atomic E-state index is -0.957. The highest BCUT2D eigenvalue weighted by Gasteiger charge is 2.43. The van der Waals surface area contributed by atoms with Crippen LogP contribution in [0.15, 0.2) is 22.7 Å². The molecule has 3 heterocycles. The zero-order valence-corrected chi connectivity index (χ0v) is 15.2. The van der Waals surface area contributed by atoms with Crippen LogP contribution < -0.4 is 5.32 Å². The van der Waals surface area contributed by atoms with E-state index in [2.05, 4.69) is 15.5 Å². The van der Waals surface area contributed by atoms with Gasteiger partial charge in [-0.1, -0.05) is 11.2 Å². The fourth-order valence-electron chi connectivity index (χ4n) is 2.60. The largest absolute Gasteiger partial charge is 0.379 e. The van der Waals surface area contributed by atoms with E-state index in [0.29, 0.717) is 6.42 Å². The number of oxime groups is 1. The SMILES string of the molecule is Cc1nc(C)c(C(C)NC(=O)C2(C)CC(c3cccs3)=NO2)s1. The lowest BCUT2D eigenvalue weighted by atomic mass is 9.97. The van der Waals surface area contributed by atoms with E-state index in [9.17, 15) is 4.79 Å². The van der Waals surface area contributed by atoms with E-state index in [1.807, 2.05) is 38.3 Å². The second-order valence-electron chi connectivity index (χ2n) is 5.89. The average molecular weight is 349 g/mol. The lowest BCUT2D eigenvalue weighted by Gasteiger charge is -2.23. The van der Waals surface area contributed by atoms with Crippen LogP contribution in [0, 0.1) is 13.8 Å². The molecule has 1 N–H and O–H groups in total.